The molecule has 94 valence electrons. The summed E-state index contributed by atoms with van der Waals surface area (Å²) in [6.07, 6.45) is 1.55. The van der Waals surface area contributed by atoms with E-state index in [9.17, 15) is 5.26 Å². The Morgan fingerprint density at radius 1 is 1.42 bits per heavy atom. The molecule has 2 unspecified atom stereocenters. The highest BCUT2D eigenvalue weighted by atomic mass is 35.5. The van der Waals surface area contributed by atoms with Gasteiger partial charge in [-0.05, 0) is 30.7 Å². The molecule has 4 nitrogen and oxygen atoms in total. The maximum Gasteiger partial charge on any atom is 0.131 e. The number of aromatic nitrogens is 1. The summed E-state index contributed by atoms with van der Waals surface area (Å²) in [5.41, 5.74) is 1.45. The Morgan fingerprint density at radius 2 is 2.26 bits per heavy atom. The van der Waals surface area contributed by atoms with Crippen molar-refractivity contribution in [1.29, 1.82) is 5.26 Å². The molecule has 2 bridgehead atoms. The Balaban J connectivity index is 1.89. The van der Waals surface area contributed by atoms with Crippen LogP contribution in [0.25, 0.3) is 10.9 Å². The quantitative estimate of drug-likeness (QED) is 0.864. The molecule has 5 heteroatoms. The molecule has 1 aromatic carbocycles. The largest absolute Gasteiger partial charge is 0.339 e. The van der Waals surface area contributed by atoms with Crippen LogP contribution in [0.1, 0.15) is 12.0 Å². The standard InChI is InChI=1S/C14H11ClN4/c15-9-1-2-12-11(4-9)8(6-16)3-13(18-12)19-7-10-5-14(19)17-10/h1-4,10,14,17H,5,7H2. The minimum atomic E-state index is 0.383. The van der Waals surface area contributed by atoms with Crippen molar-refractivity contribution in [3.8, 4) is 6.07 Å². The zero-order chi connectivity index (χ0) is 13.0. The van der Waals surface area contributed by atoms with Crippen LogP contribution < -0.4 is 10.2 Å². The molecule has 0 aliphatic carbocycles. The van der Waals surface area contributed by atoms with Gasteiger partial charge in [0.25, 0.3) is 0 Å². The lowest BCUT2D eigenvalue weighted by molar-refractivity contribution is 0.373. The third-order valence-corrected chi connectivity index (χ3v) is 4.14. The van der Waals surface area contributed by atoms with Gasteiger partial charge in [0.2, 0.25) is 0 Å². The number of pyridine rings is 1. The summed E-state index contributed by atoms with van der Waals surface area (Å²) in [7, 11) is 0. The van der Waals surface area contributed by atoms with Gasteiger partial charge in [-0.25, -0.2) is 4.98 Å². The van der Waals surface area contributed by atoms with E-state index in [1.807, 2.05) is 18.2 Å². The van der Waals surface area contributed by atoms with Gasteiger partial charge < -0.3 is 4.90 Å². The van der Waals surface area contributed by atoms with E-state index in [2.05, 4.69) is 21.3 Å². The molecule has 3 aliphatic rings. The van der Waals surface area contributed by atoms with E-state index in [0.717, 1.165) is 23.3 Å². The van der Waals surface area contributed by atoms with E-state index in [1.165, 1.54) is 6.42 Å². The van der Waals surface area contributed by atoms with Crippen molar-refractivity contribution in [3.63, 3.8) is 0 Å². The maximum absolute atomic E-state index is 9.32. The molecule has 3 saturated heterocycles. The Labute approximate surface area is 115 Å². The Bertz CT molecular complexity index is 715. The number of benzene rings is 1. The Hall–Kier alpha value is -1.83. The van der Waals surface area contributed by atoms with Crippen LogP contribution in [0.2, 0.25) is 5.02 Å². The molecular formula is C14H11ClN4. The molecule has 2 aromatic rings. The molecule has 4 heterocycles. The molecule has 3 aliphatic heterocycles. The number of hydrogen-bond acceptors (Lipinski definition) is 4. The Kier molecular flexibility index (Phi) is 2.22. The van der Waals surface area contributed by atoms with Gasteiger partial charge in [0, 0.05) is 23.0 Å². The summed E-state index contributed by atoms with van der Waals surface area (Å²) in [4.78, 5) is 6.90. The van der Waals surface area contributed by atoms with Crippen molar-refractivity contribution >= 4 is 28.3 Å². The molecular weight excluding hydrogens is 260 g/mol. The highest BCUT2D eigenvalue weighted by Crippen LogP contribution is 2.33. The predicted molar refractivity (Wildman–Crippen MR) is 74.1 cm³/mol. The second-order valence-corrected chi connectivity index (χ2v) is 5.51. The van der Waals surface area contributed by atoms with Crippen molar-refractivity contribution in [2.45, 2.75) is 18.6 Å². The highest BCUT2D eigenvalue weighted by molar-refractivity contribution is 6.31. The van der Waals surface area contributed by atoms with Gasteiger partial charge in [-0.3, -0.25) is 5.32 Å². The number of nitrogens with one attached hydrogen (secondary N) is 1. The molecule has 1 N–H and O–H groups in total. The Morgan fingerprint density at radius 3 is 2.95 bits per heavy atom. The van der Waals surface area contributed by atoms with Crippen molar-refractivity contribution in [2.24, 2.45) is 0 Å². The van der Waals surface area contributed by atoms with Gasteiger partial charge in [0.1, 0.15) is 5.82 Å². The van der Waals surface area contributed by atoms with E-state index in [4.69, 9.17) is 11.6 Å². The van der Waals surface area contributed by atoms with Crippen LogP contribution in [-0.2, 0) is 0 Å². The number of fused-ring (bicyclic) bond motifs is 2. The summed E-state index contributed by atoms with van der Waals surface area (Å²) >= 11 is 5.99. The third-order valence-electron chi connectivity index (χ3n) is 3.90. The van der Waals surface area contributed by atoms with Crippen LogP contribution in [-0.4, -0.2) is 23.7 Å². The van der Waals surface area contributed by atoms with Gasteiger partial charge in [0.15, 0.2) is 0 Å². The van der Waals surface area contributed by atoms with Gasteiger partial charge in [-0.1, -0.05) is 11.6 Å². The van der Waals surface area contributed by atoms with Crippen molar-refractivity contribution in [1.82, 2.24) is 10.3 Å². The summed E-state index contributed by atoms with van der Waals surface area (Å²) in [6, 6.07) is 10.2. The van der Waals surface area contributed by atoms with Crippen LogP contribution in [0.3, 0.4) is 0 Å². The number of rotatable bonds is 1. The van der Waals surface area contributed by atoms with Gasteiger partial charge in [0.05, 0.1) is 23.3 Å². The average Bonchev–Trinajstić information content (AvgIpc) is 2.97. The molecule has 1 aromatic heterocycles. The lowest BCUT2D eigenvalue weighted by Crippen LogP contribution is -2.47. The van der Waals surface area contributed by atoms with E-state index in [-0.39, 0.29) is 0 Å². The third kappa shape index (κ3) is 1.59. The number of hydrogen-bond donors (Lipinski definition) is 1. The molecule has 5 rings (SSSR count). The zero-order valence-corrected chi connectivity index (χ0v) is 10.9. The fraction of sp³-hybridized carbons (Fsp3) is 0.286. The van der Waals surface area contributed by atoms with Crippen molar-refractivity contribution in [3.05, 3.63) is 34.9 Å². The summed E-state index contributed by atoms with van der Waals surface area (Å²) in [6.45, 7) is 0.974. The molecule has 3 fully saturated rings. The van der Waals surface area contributed by atoms with Crippen molar-refractivity contribution in [2.75, 3.05) is 11.4 Å². The molecule has 0 saturated carbocycles. The first-order valence-electron chi connectivity index (χ1n) is 6.28. The first-order valence-corrected chi connectivity index (χ1v) is 6.65. The smallest absolute Gasteiger partial charge is 0.131 e. The summed E-state index contributed by atoms with van der Waals surface area (Å²) in [5, 5.41) is 14.2. The molecule has 19 heavy (non-hydrogen) atoms. The predicted octanol–water partition coefficient (Wildman–Crippen LogP) is 2.27. The monoisotopic (exact) mass is 270 g/mol. The van der Waals surface area contributed by atoms with Gasteiger partial charge in [-0.15, -0.1) is 0 Å². The van der Waals surface area contributed by atoms with E-state index in [0.29, 0.717) is 22.8 Å². The minimum Gasteiger partial charge on any atom is -0.339 e. The second kappa shape index (κ2) is 3.83. The number of nitrogens with zero attached hydrogens (tertiary/aromatic N) is 3. The zero-order valence-electron chi connectivity index (χ0n) is 10.1. The minimum absolute atomic E-state index is 0.383. The van der Waals surface area contributed by atoms with Crippen LogP contribution in [0.4, 0.5) is 5.82 Å². The molecule has 0 spiro atoms. The molecule has 0 amide bonds. The number of nitriles is 1. The SMILES string of the molecule is N#Cc1cc(N2CC3CC2N3)nc2ccc(Cl)cc12. The first-order chi connectivity index (χ1) is 9.24. The fourth-order valence-corrected chi connectivity index (χ4v) is 3.08. The van der Waals surface area contributed by atoms with Gasteiger partial charge in [-0.2, -0.15) is 5.26 Å². The van der Waals surface area contributed by atoms with Crippen LogP contribution in [0, 0.1) is 11.3 Å². The van der Waals surface area contributed by atoms with E-state index >= 15 is 0 Å². The first kappa shape index (κ1) is 11.0. The average molecular weight is 271 g/mol. The molecule has 0 radical (unpaired) electrons. The second-order valence-electron chi connectivity index (χ2n) is 5.07. The fourth-order valence-electron chi connectivity index (χ4n) is 2.90. The topological polar surface area (TPSA) is 52.0 Å². The van der Waals surface area contributed by atoms with Crippen LogP contribution >= 0.6 is 11.6 Å². The van der Waals surface area contributed by atoms with E-state index in [1.54, 1.807) is 6.07 Å². The summed E-state index contributed by atoms with van der Waals surface area (Å²) < 4.78 is 0. The maximum atomic E-state index is 9.32. The van der Waals surface area contributed by atoms with Crippen molar-refractivity contribution < 1.29 is 0 Å². The number of halogens is 1. The van der Waals surface area contributed by atoms with Gasteiger partial charge >= 0.3 is 0 Å². The lowest BCUT2D eigenvalue weighted by atomic mass is 10.1. The van der Waals surface area contributed by atoms with E-state index < -0.39 is 0 Å². The summed E-state index contributed by atoms with van der Waals surface area (Å²) in [5.74, 6) is 0.879. The van der Waals surface area contributed by atoms with Crippen LogP contribution in [0.5, 0.6) is 0 Å². The number of anilines is 1. The lowest BCUT2D eigenvalue weighted by Gasteiger charge is -2.28. The van der Waals surface area contributed by atoms with Crippen LogP contribution in [0.15, 0.2) is 24.3 Å². The normalized spacial score (nSPS) is 24.3. The highest BCUT2D eigenvalue weighted by Gasteiger charge is 2.42. The molecule has 2 atom stereocenters.